The quantitative estimate of drug-likeness (QED) is 0.628. The Morgan fingerprint density at radius 3 is 2.53 bits per heavy atom. The summed E-state index contributed by atoms with van der Waals surface area (Å²) in [6, 6.07) is 6.73. The molecular weight excluding hydrogens is 192 g/mol. The molecule has 0 saturated carbocycles. The molecular formula is C11H16N2O2. The zero-order chi connectivity index (χ0) is 11.3. The molecule has 0 spiro atoms. The van der Waals surface area contributed by atoms with Gasteiger partial charge in [-0.05, 0) is 30.7 Å². The van der Waals surface area contributed by atoms with Gasteiger partial charge in [-0.25, -0.2) is 0 Å². The molecule has 0 unspecified atom stereocenters. The summed E-state index contributed by atoms with van der Waals surface area (Å²) in [5.74, 6) is -0.825. The van der Waals surface area contributed by atoms with Gasteiger partial charge in [0.1, 0.15) is 6.04 Å². The first-order valence-corrected chi connectivity index (χ1v) is 4.94. The normalized spacial score (nSPS) is 12.3. The number of benzene rings is 1. The molecule has 0 radical (unpaired) electrons. The third-order valence-corrected chi connectivity index (χ3v) is 2.17. The van der Waals surface area contributed by atoms with Crippen molar-refractivity contribution in [2.45, 2.75) is 19.4 Å². The fourth-order valence-corrected chi connectivity index (χ4v) is 1.38. The van der Waals surface area contributed by atoms with Crippen molar-refractivity contribution in [3.63, 3.8) is 0 Å². The van der Waals surface area contributed by atoms with Gasteiger partial charge < -0.3 is 16.2 Å². The van der Waals surface area contributed by atoms with Crippen LogP contribution in [-0.4, -0.2) is 23.7 Å². The van der Waals surface area contributed by atoms with Gasteiger partial charge in [0.25, 0.3) is 0 Å². The standard InChI is InChI=1S/C11H16N2O2/c1-2-13-10(11(14)15)7-8-3-5-9(12)6-4-8/h3-6,10,13H,2,7,12H2,1H3,(H,14,15)/t10-/m0/s1. The molecule has 0 saturated heterocycles. The zero-order valence-corrected chi connectivity index (χ0v) is 8.73. The van der Waals surface area contributed by atoms with Crippen molar-refractivity contribution in [2.75, 3.05) is 12.3 Å². The van der Waals surface area contributed by atoms with Crippen molar-refractivity contribution >= 4 is 11.7 Å². The van der Waals surface area contributed by atoms with Crippen molar-refractivity contribution in [3.05, 3.63) is 29.8 Å². The number of carboxylic acid groups (broad SMARTS) is 1. The zero-order valence-electron chi connectivity index (χ0n) is 8.73. The lowest BCUT2D eigenvalue weighted by molar-refractivity contribution is -0.139. The van der Waals surface area contributed by atoms with Crippen LogP contribution in [0.5, 0.6) is 0 Å². The van der Waals surface area contributed by atoms with E-state index in [0.29, 0.717) is 18.7 Å². The maximum absolute atomic E-state index is 10.9. The van der Waals surface area contributed by atoms with Crippen molar-refractivity contribution < 1.29 is 9.90 Å². The van der Waals surface area contributed by atoms with Gasteiger partial charge in [-0.3, -0.25) is 4.79 Å². The van der Waals surface area contributed by atoms with Crippen LogP contribution < -0.4 is 11.1 Å². The Hall–Kier alpha value is -1.55. The fraction of sp³-hybridized carbons (Fsp3) is 0.364. The molecule has 1 atom stereocenters. The van der Waals surface area contributed by atoms with E-state index in [1.807, 2.05) is 19.1 Å². The molecule has 82 valence electrons. The number of likely N-dealkylation sites (N-methyl/N-ethyl adjacent to an activating group) is 1. The van der Waals surface area contributed by atoms with Crippen LogP contribution in [0, 0.1) is 0 Å². The monoisotopic (exact) mass is 208 g/mol. The van der Waals surface area contributed by atoms with Crippen LogP contribution in [0.15, 0.2) is 24.3 Å². The molecule has 0 aliphatic rings. The maximum Gasteiger partial charge on any atom is 0.321 e. The Bertz CT molecular complexity index is 322. The second kappa shape index (κ2) is 5.36. The smallest absolute Gasteiger partial charge is 0.321 e. The number of anilines is 1. The predicted octanol–water partition coefficient (Wildman–Crippen LogP) is 0.874. The number of nitrogens with two attached hydrogens (primary N) is 1. The molecule has 0 bridgehead atoms. The number of nitrogens with one attached hydrogen (secondary N) is 1. The fourth-order valence-electron chi connectivity index (χ4n) is 1.38. The van der Waals surface area contributed by atoms with E-state index in [0.717, 1.165) is 5.56 Å². The summed E-state index contributed by atoms with van der Waals surface area (Å²) >= 11 is 0. The second-order valence-corrected chi connectivity index (χ2v) is 3.39. The topological polar surface area (TPSA) is 75.3 Å². The predicted molar refractivity (Wildman–Crippen MR) is 59.7 cm³/mol. The lowest BCUT2D eigenvalue weighted by atomic mass is 10.1. The van der Waals surface area contributed by atoms with E-state index in [1.165, 1.54) is 0 Å². The second-order valence-electron chi connectivity index (χ2n) is 3.39. The van der Waals surface area contributed by atoms with Crippen LogP contribution in [0.25, 0.3) is 0 Å². The van der Waals surface area contributed by atoms with Gasteiger partial charge in [0.2, 0.25) is 0 Å². The molecule has 1 aromatic rings. The molecule has 0 aromatic heterocycles. The third-order valence-electron chi connectivity index (χ3n) is 2.17. The summed E-state index contributed by atoms with van der Waals surface area (Å²) in [5.41, 5.74) is 7.20. The minimum atomic E-state index is -0.825. The number of carbonyl (C=O) groups is 1. The number of aliphatic carboxylic acids is 1. The first-order chi connectivity index (χ1) is 7.13. The van der Waals surface area contributed by atoms with E-state index >= 15 is 0 Å². The number of hydrogen-bond donors (Lipinski definition) is 3. The first-order valence-electron chi connectivity index (χ1n) is 4.94. The Labute approximate surface area is 89.1 Å². The van der Waals surface area contributed by atoms with Crippen molar-refractivity contribution in [1.82, 2.24) is 5.32 Å². The number of carboxylic acids is 1. The largest absolute Gasteiger partial charge is 0.480 e. The SMILES string of the molecule is CCN[C@@H](Cc1ccc(N)cc1)C(=O)O. The highest BCUT2D eigenvalue weighted by molar-refractivity contribution is 5.73. The molecule has 0 aliphatic heterocycles. The van der Waals surface area contributed by atoms with Crippen LogP contribution in [0.2, 0.25) is 0 Å². The molecule has 15 heavy (non-hydrogen) atoms. The Balaban J connectivity index is 2.65. The average molecular weight is 208 g/mol. The lowest BCUT2D eigenvalue weighted by Gasteiger charge is -2.12. The highest BCUT2D eigenvalue weighted by Crippen LogP contribution is 2.08. The highest BCUT2D eigenvalue weighted by atomic mass is 16.4. The maximum atomic E-state index is 10.9. The van der Waals surface area contributed by atoms with Gasteiger partial charge >= 0.3 is 5.97 Å². The van der Waals surface area contributed by atoms with Crippen LogP contribution in [0.3, 0.4) is 0 Å². The van der Waals surface area contributed by atoms with Crippen molar-refractivity contribution in [2.24, 2.45) is 0 Å². The summed E-state index contributed by atoms with van der Waals surface area (Å²) < 4.78 is 0. The summed E-state index contributed by atoms with van der Waals surface area (Å²) in [4.78, 5) is 10.9. The number of rotatable bonds is 5. The molecule has 4 heteroatoms. The van der Waals surface area contributed by atoms with Gasteiger partial charge in [-0.15, -0.1) is 0 Å². The van der Waals surface area contributed by atoms with E-state index in [9.17, 15) is 4.79 Å². The van der Waals surface area contributed by atoms with Crippen molar-refractivity contribution in [1.29, 1.82) is 0 Å². The van der Waals surface area contributed by atoms with Gasteiger partial charge in [-0.1, -0.05) is 19.1 Å². The molecule has 4 N–H and O–H groups in total. The highest BCUT2D eigenvalue weighted by Gasteiger charge is 2.15. The van der Waals surface area contributed by atoms with E-state index in [1.54, 1.807) is 12.1 Å². The van der Waals surface area contributed by atoms with Crippen LogP contribution in [-0.2, 0) is 11.2 Å². The van der Waals surface area contributed by atoms with Crippen LogP contribution in [0.1, 0.15) is 12.5 Å². The summed E-state index contributed by atoms with van der Waals surface area (Å²) in [6.07, 6.45) is 0.476. The van der Waals surface area contributed by atoms with E-state index in [4.69, 9.17) is 10.8 Å². The third kappa shape index (κ3) is 3.59. The molecule has 0 aliphatic carbocycles. The lowest BCUT2D eigenvalue weighted by Crippen LogP contribution is -2.38. The molecule has 0 heterocycles. The van der Waals surface area contributed by atoms with E-state index in [-0.39, 0.29) is 0 Å². The van der Waals surface area contributed by atoms with Crippen LogP contribution in [0.4, 0.5) is 5.69 Å². The van der Waals surface area contributed by atoms with Gasteiger partial charge in [0, 0.05) is 5.69 Å². The minimum absolute atomic E-state index is 0.476. The molecule has 0 fully saturated rings. The van der Waals surface area contributed by atoms with E-state index < -0.39 is 12.0 Å². The van der Waals surface area contributed by atoms with Gasteiger partial charge in [-0.2, -0.15) is 0 Å². The molecule has 1 rings (SSSR count). The van der Waals surface area contributed by atoms with Crippen molar-refractivity contribution in [3.8, 4) is 0 Å². The summed E-state index contributed by atoms with van der Waals surface area (Å²) in [5, 5.41) is 11.8. The molecule has 4 nitrogen and oxygen atoms in total. The molecule has 1 aromatic carbocycles. The Morgan fingerprint density at radius 1 is 1.47 bits per heavy atom. The van der Waals surface area contributed by atoms with Gasteiger partial charge in [0.15, 0.2) is 0 Å². The number of hydrogen-bond acceptors (Lipinski definition) is 3. The van der Waals surface area contributed by atoms with Crippen LogP contribution >= 0.6 is 0 Å². The summed E-state index contributed by atoms with van der Waals surface area (Å²) in [6.45, 7) is 2.53. The van der Waals surface area contributed by atoms with Gasteiger partial charge in [0.05, 0.1) is 0 Å². The minimum Gasteiger partial charge on any atom is -0.480 e. The summed E-state index contributed by atoms with van der Waals surface area (Å²) in [7, 11) is 0. The average Bonchev–Trinajstić information content (AvgIpc) is 2.20. The Morgan fingerprint density at radius 2 is 2.07 bits per heavy atom. The molecule has 0 amide bonds. The van der Waals surface area contributed by atoms with E-state index in [2.05, 4.69) is 5.32 Å². The number of nitrogen functional groups attached to an aromatic ring is 1. The Kier molecular flexibility index (Phi) is 4.12. The first kappa shape index (κ1) is 11.5.